The summed E-state index contributed by atoms with van der Waals surface area (Å²) in [6, 6.07) is 15.6. The van der Waals surface area contributed by atoms with Crippen LogP contribution in [0.2, 0.25) is 10.0 Å². The highest BCUT2D eigenvalue weighted by atomic mass is 35.5. The van der Waals surface area contributed by atoms with Crippen LogP contribution in [0.25, 0.3) is 0 Å². The molecule has 2 aromatic carbocycles. The molecule has 2 fully saturated rings. The Morgan fingerprint density at radius 1 is 0.920 bits per heavy atom. The standard InChI is InChI=1S/C20H20Cl2N2O/c21-17-7-6-15(12-18(17)22)19(25)24-11-9-20(14-24)8-10-23(13-20)16-4-2-1-3-5-16/h1-7,12H,8-11,13-14H2. The van der Waals surface area contributed by atoms with Gasteiger partial charge < -0.3 is 9.80 Å². The van der Waals surface area contributed by atoms with Gasteiger partial charge >= 0.3 is 0 Å². The third kappa shape index (κ3) is 3.23. The Hall–Kier alpha value is -1.71. The summed E-state index contributed by atoms with van der Waals surface area (Å²) in [6.07, 6.45) is 2.19. The van der Waals surface area contributed by atoms with E-state index < -0.39 is 0 Å². The number of amides is 1. The lowest BCUT2D eigenvalue weighted by atomic mass is 9.86. The molecule has 0 N–H and O–H groups in total. The maximum atomic E-state index is 12.8. The van der Waals surface area contributed by atoms with E-state index in [2.05, 4.69) is 29.2 Å². The molecule has 0 aromatic heterocycles. The molecular formula is C20H20Cl2N2O. The number of hydrogen-bond acceptors (Lipinski definition) is 2. The van der Waals surface area contributed by atoms with Gasteiger partial charge in [-0.05, 0) is 43.2 Å². The van der Waals surface area contributed by atoms with Gasteiger partial charge in [-0.1, -0.05) is 41.4 Å². The van der Waals surface area contributed by atoms with Crippen LogP contribution in [-0.2, 0) is 0 Å². The van der Waals surface area contributed by atoms with Gasteiger partial charge in [-0.15, -0.1) is 0 Å². The number of halogens is 2. The highest BCUT2D eigenvalue weighted by Gasteiger charge is 2.44. The second-order valence-corrected chi connectivity index (χ2v) is 7.93. The van der Waals surface area contributed by atoms with Crippen LogP contribution < -0.4 is 4.90 Å². The Kier molecular flexibility index (Phi) is 4.38. The number of likely N-dealkylation sites (tertiary alicyclic amines) is 1. The van der Waals surface area contributed by atoms with Gasteiger partial charge in [-0.2, -0.15) is 0 Å². The van der Waals surface area contributed by atoms with Crippen LogP contribution >= 0.6 is 23.2 Å². The van der Waals surface area contributed by atoms with Gasteiger partial charge in [-0.3, -0.25) is 4.79 Å². The molecular weight excluding hydrogens is 355 g/mol. The maximum absolute atomic E-state index is 12.8. The fraction of sp³-hybridized carbons (Fsp3) is 0.350. The van der Waals surface area contributed by atoms with Crippen LogP contribution in [0.1, 0.15) is 23.2 Å². The van der Waals surface area contributed by atoms with Crippen LogP contribution in [0.5, 0.6) is 0 Å². The average molecular weight is 375 g/mol. The lowest BCUT2D eigenvalue weighted by Crippen LogP contribution is -2.34. The molecule has 0 saturated carbocycles. The summed E-state index contributed by atoms with van der Waals surface area (Å²) in [7, 11) is 0. The first-order chi connectivity index (χ1) is 12.1. The van der Waals surface area contributed by atoms with Gasteiger partial charge in [0.2, 0.25) is 0 Å². The quantitative estimate of drug-likeness (QED) is 0.757. The average Bonchev–Trinajstić information content (AvgIpc) is 3.25. The second-order valence-electron chi connectivity index (χ2n) is 7.11. The lowest BCUT2D eigenvalue weighted by Gasteiger charge is -2.25. The Morgan fingerprint density at radius 3 is 2.44 bits per heavy atom. The zero-order valence-electron chi connectivity index (χ0n) is 13.9. The van der Waals surface area contributed by atoms with E-state index in [1.165, 1.54) is 5.69 Å². The topological polar surface area (TPSA) is 23.6 Å². The van der Waals surface area contributed by atoms with Crippen molar-refractivity contribution in [3.05, 3.63) is 64.1 Å². The van der Waals surface area contributed by atoms with Crippen LogP contribution in [0, 0.1) is 5.41 Å². The molecule has 0 aliphatic carbocycles. The number of nitrogens with zero attached hydrogens (tertiary/aromatic N) is 2. The molecule has 130 valence electrons. The summed E-state index contributed by atoms with van der Waals surface area (Å²) in [5.41, 5.74) is 2.10. The third-order valence-corrected chi connectivity index (χ3v) is 6.19. The first-order valence-corrected chi connectivity index (χ1v) is 9.36. The molecule has 1 amide bonds. The molecule has 25 heavy (non-hydrogen) atoms. The van der Waals surface area contributed by atoms with E-state index in [4.69, 9.17) is 23.2 Å². The molecule has 2 saturated heterocycles. The Balaban J connectivity index is 1.46. The first-order valence-electron chi connectivity index (χ1n) is 8.61. The first kappa shape index (κ1) is 16.7. The molecule has 5 heteroatoms. The van der Waals surface area contributed by atoms with Crippen molar-refractivity contribution in [2.45, 2.75) is 12.8 Å². The van der Waals surface area contributed by atoms with Crippen molar-refractivity contribution >= 4 is 34.8 Å². The van der Waals surface area contributed by atoms with Crippen molar-refractivity contribution in [1.29, 1.82) is 0 Å². The zero-order valence-corrected chi connectivity index (χ0v) is 15.4. The van der Waals surface area contributed by atoms with E-state index in [0.717, 1.165) is 39.0 Å². The number of carbonyl (C=O) groups excluding carboxylic acids is 1. The van der Waals surface area contributed by atoms with Gasteiger partial charge in [0.15, 0.2) is 0 Å². The number of rotatable bonds is 2. The lowest BCUT2D eigenvalue weighted by molar-refractivity contribution is 0.0776. The van der Waals surface area contributed by atoms with Crippen LogP contribution in [0.15, 0.2) is 48.5 Å². The van der Waals surface area contributed by atoms with Crippen molar-refractivity contribution in [2.24, 2.45) is 5.41 Å². The summed E-state index contributed by atoms with van der Waals surface area (Å²) in [6.45, 7) is 3.69. The monoisotopic (exact) mass is 374 g/mol. The molecule has 2 aromatic rings. The molecule has 2 heterocycles. The third-order valence-electron chi connectivity index (χ3n) is 5.45. The summed E-state index contributed by atoms with van der Waals surface area (Å²) in [5.74, 6) is 0.0496. The SMILES string of the molecule is O=C(c1ccc(Cl)c(Cl)c1)N1CCC2(CCN(c3ccccc3)C2)C1. The Labute approximate surface area is 158 Å². The largest absolute Gasteiger partial charge is 0.371 e. The van der Waals surface area contributed by atoms with E-state index >= 15 is 0 Å². The molecule has 0 bridgehead atoms. The minimum absolute atomic E-state index is 0.0496. The highest BCUT2D eigenvalue weighted by molar-refractivity contribution is 6.42. The van der Waals surface area contributed by atoms with Crippen molar-refractivity contribution in [2.75, 3.05) is 31.1 Å². The van der Waals surface area contributed by atoms with E-state index in [9.17, 15) is 4.79 Å². The smallest absolute Gasteiger partial charge is 0.253 e. The fourth-order valence-electron chi connectivity index (χ4n) is 4.05. The molecule has 0 radical (unpaired) electrons. The van der Waals surface area contributed by atoms with E-state index in [0.29, 0.717) is 15.6 Å². The minimum Gasteiger partial charge on any atom is -0.371 e. The predicted molar refractivity (Wildman–Crippen MR) is 103 cm³/mol. The summed E-state index contributed by atoms with van der Waals surface area (Å²) in [5, 5.41) is 0.906. The maximum Gasteiger partial charge on any atom is 0.253 e. The normalized spacial score (nSPS) is 22.8. The molecule has 1 spiro atoms. The van der Waals surface area contributed by atoms with Crippen LogP contribution in [0.3, 0.4) is 0 Å². The van der Waals surface area contributed by atoms with Crippen molar-refractivity contribution < 1.29 is 4.79 Å². The van der Waals surface area contributed by atoms with Gasteiger partial charge in [-0.25, -0.2) is 0 Å². The molecule has 2 aliphatic heterocycles. The minimum atomic E-state index is 0.0496. The van der Waals surface area contributed by atoms with Crippen molar-refractivity contribution in [3.8, 4) is 0 Å². The van der Waals surface area contributed by atoms with Crippen molar-refractivity contribution in [1.82, 2.24) is 4.90 Å². The fourth-order valence-corrected chi connectivity index (χ4v) is 4.35. The van der Waals surface area contributed by atoms with Crippen LogP contribution in [0.4, 0.5) is 5.69 Å². The number of hydrogen-bond donors (Lipinski definition) is 0. The molecule has 1 atom stereocenters. The Morgan fingerprint density at radius 2 is 1.68 bits per heavy atom. The highest BCUT2D eigenvalue weighted by Crippen LogP contribution is 2.41. The van der Waals surface area contributed by atoms with E-state index in [-0.39, 0.29) is 11.3 Å². The summed E-state index contributed by atoms with van der Waals surface area (Å²) < 4.78 is 0. The van der Waals surface area contributed by atoms with Gasteiger partial charge in [0.25, 0.3) is 5.91 Å². The van der Waals surface area contributed by atoms with E-state index in [1.807, 2.05) is 11.0 Å². The van der Waals surface area contributed by atoms with E-state index in [1.54, 1.807) is 18.2 Å². The van der Waals surface area contributed by atoms with Crippen LogP contribution in [-0.4, -0.2) is 37.0 Å². The second kappa shape index (κ2) is 6.54. The summed E-state index contributed by atoms with van der Waals surface area (Å²) >= 11 is 12.0. The molecule has 3 nitrogen and oxygen atoms in total. The van der Waals surface area contributed by atoms with Gasteiger partial charge in [0, 0.05) is 42.8 Å². The molecule has 1 unspecified atom stereocenters. The van der Waals surface area contributed by atoms with Gasteiger partial charge in [0.05, 0.1) is 10.0 Å². The van der Waals surface area contributed by atoms with Crippen molar-refractivity contribution in [3.63, 3.8) is 0 Å². The number of carbonyl (C=O) groups is 1. The van der Waals surface area contributed by atoms with Gasteiger partial charge in [0.1, 0.15) is 0 Å². The summed E-state index contributed by atoms with van der Waals surface area (Å²) in [4.78, 5) is 17.2. The number of benzene rings is 2. The number of anilines is 1. The molecule has 4 rings (SSSR count). The number of para-hydroxylation sites is 1. The zero-order chi connectivity index (χ0) is 17.4. The predicted octanol–water partition coefficient (Wildman–Crippen LogP) is 4.74. The Bertz CT molecular complexity index is 796. The molecule has 2 aliphatic rings.